The molecule has 2 saturated heterocycles. The molecule has 0 radical (unpaired) electrons. The number of hydrogen-bond acceptors (Lipinski definition) is 3. The first-order valence-electron chi connectivity index (χ1n) is 4.98. The van der Waals surface area contributed by atoms with Crippen LogP contribution in [-0.4, -0.2) is 23.5 Å². The lowest BCUT2D eigenvalue weighted by Crippen LogP contribution is -2.49. The highest BCUT2D eigenvalue weighted by Crippen LogP contribution is 2.41. The molecule has 2 aliphatic heterocycles. The molecule has 0 amide bonds. The molecule has 3 fully saturated rings. The van der Waals surface area contributed by atoms with Crippen molar-refractivity contribution in [2.24, 2.45) is 11.7 Å². The van der Waals surface area contributed by atoms with Crippen LogP contribution in [0, 0.1) is 5.92 Å². The minimum absolute atomic E-state index is 0.436. The van der Waals surface area contributed by atoms with E-state index in [1.807, 2.05) is 6.07 Å². The Morgan fingerprint density at radius 2 is 2.43 bits per heavy atom. The molecule has 4 rings (SSSR count). The zero-order valence-electron chi connectivity index (χ0n) is 7.82. The van der Waals surface area contributed by atoms with E-state index in [4.69, 9.17) is 17.3 Å². The molecule has 1 aliphatic carbocycles. The summed E-state index contributed by atoms with van der Waals surface area (Å²) >= 11 is 7.58. The molecule has 76 valence electrons. The highest BCUT2D eigenvalue weighted by molar-refractivity contribution is 7.16. The Balaban J connectivity index is 1.69. The molecule has 2 bridgehead atoms. The Morgan fingerprint density at radius 1 is 1.57 bits per heavy atom. The van der Waals surface area contributed by atoms with Crippen LogP contribution >= 0.6 is 22.9 Å². The molecule has 3 aliphatic rings. The molecule has 1 aromatic rings. The van der Waals surface area contributed by atoms with Crippen LogP contribution in [0.25, 0.3) is 0 Å². The van der Waals surface area contributed by atoms with Gasteiger partial charge in [-0.15, -0.1) is 11.3 Å². The third-order valence-electron chi connectivity index (χ3n) is 3.46. The van der Waals surface area contributed by atoms with E-state index in [0.717, 1.165) is 16.8 Å². The molecular formula is C10H13ClN2S. The monoisotopic (exact) mass is 228 g/mol. The molecule has 3 unspecified atom stereocenters. The van der Waals surface area contributed by atoms with Crippen LogP contribution in [0.4, 0.5) is 0 Å². The fourth-order valence-corrected chi connectivity index (χ4v) is 3.70. The first-order valence-corrected chi connectivity index (χ1v) is 6.17. The fourth-order valence-electron chi connectivity index (χ4n) is 2.59. The van der Waals surface area contributed by atoms with Crippen LogP contribution in [0.2, 0.25) is 4.34 Å². The Labute approximate surface area is 92.7 Å². The van der Waals surface area contributed by atoms with Gasteiger partial charge in [-0.05, 0) is 24.5 Å². The summed E-state index contributed by atoms with van der Waals surface area (Å²) in [4.78, 5) is 3.85. The second-order valence-electron chi connectivity index (χ2n) is 4.28. The third-order valence-corrected chi connectivity index (χ3v) is 4.67. The molecule has 1 saturated carbocycles. The van der Waals surface area contributed by atoms with Crippen molar-refractivity contribution in [2.45, 2.75) is 25.0 Å². The Kier molecular flexibility index (Phi) is 2.10. The summed E-state index contributed by atoms with van der Waals surface area (Å²) in [5.41, 5.74) is 6.01. The van der Waals surface area contributed by atoms with Gasteiger partial charge in [0.15, 0.2) is 0 Å². The van der Waals surface area contributed by atoms with E-state index >= 15 is 0 Å². The molecule has 1 aromatic heterocycles. The van der Waals surface area contributed by atoms with Gasteiger partial charge in [-0.1, -0.05) is 11.6 Å². The number of hydrogen-bond donors (Lipinski definition) is 1. The van der Waals surface area contributed by atoms with Crippen molar-refractivity contribution in [1.82, 2.24) is 4.90 Å². The summed E-state index contributed by atoms with van der Waals surface area (Å²) < 4.78 is 0.885. The predicted octanol–water partition coefficient (Wildman–Crippen LogP) is 1.93. The van der Waals surface area contributed by atoms with Gasteiger partial charge in [0, 0.05) is 30.1 Å². The molecule has 2 nitrogen and oxygen atoms in total. The molecule has 4 heteroatoms. The van der Waals surface area contributed by atoms with Gasteiger partial charge in [-0.25, -0.2) is 0 Å². The quantitative estimate of drug-likeness (QED) is 0.838. The minimum Gasteiger partial charge on any atom is -0.326 e. The van der Waals surface area contributed by atoms with Crippen LogP contribution in [0.15, 0.2) is 12.1 Å². The van der Waals surface area contributed by atoms with Gasteiger partial charge in [-0.3, -0.25) is 4.90 Å². The van der Waals surface area contributed by atoms with E-state index in [1.54, 1.807) is 11.3 Å². The van der Waals surface area contributed by atoms with Gasteiger partial charge < -0.3 is 5.73 Å². The summed E-state index contributed by atoms with van der Waals surface area (Å²) in [5.74, 6) is 0.760. The molecule has 0 aromatic carbocycles. The van der Waals surface area contributed by atoms with E-state index in [9.17, 15) is 0 Å². The maximum atomic E-state index is 6.01. The van der Waals surface area contributed by atoms with Gasteiger partial charge in [0.1, 0.15) is 0 Å². The summed E-state index contributed by atoms with van der Waals surface area (Å²) in [5, 5.41) is 0. The summed E-state index contributed by atoms with van der Waals surface area (Å²) in [6.07, 6.45) is 1.31. The van der Waals surface area contributed by atoms with Crippen molar-refractivity contribution in [3.05, 3.63) is 21.3 Å². The number of halogens is 1. The number of thiophene rings is 1. The zero-order valence-corrected chi connectivity index (χ0v) is 9.39. The maximum absolute atomic E-state index is 6.01. The average molecular weight is 229 g/mol. The van der Waals surface area contributed by atoms with Crippen molar-refractivity contribution in [2.75, 3.05) is 6.54 Å². The van der Waals surface area contributed by atoms with Crippen LogP contribution in [-0.2, 0) is 6.54 Å². The second kappa shape index (κ2) is 3.20. The SMILES string of the molecule is NC1C2CC1N(Cc1ccc(Cl)s1)C2. The Bertz CT molecular complexity index is 352. The number of nitrogens with two attached hydrogens (primary N) is 1. The van der Waals surface area contributed by atoms with Crippen molar-refractivity contribution < 1.29 is 0 Å². The van der Waals surface area contributed by atoms with Gasteiger partial charge >= 0.3 is 0 Å². The van der Waals surface area contributed by atoms with E-state index in [0.29, 0.717) is 12.1 Å². The highest BCUT2D eigenvalue weighted by atomic mass is 35.5. The number of nitrogens with zero attached hydrogens (tertiary/aromatic N) is 1. The molecule has 0 spiro atoms. The molecule has 2 N–H and O–H groups in total. The normalized spacial score (nSPS) is 36.0. The van der Waals surface area contributed by atoms with Gasteiger partial charge in [0.2, 0.25) is 0 Å². The van der Waals surface area contributed by atoms with E-state index in [-0.39, 0.29) is 0 Å². The first kappa shape index (κ1) is 9.16. The molecular weight excluding hydrogens is 216 g/mol. The van der Waals surface area contributed by atoms with Crippen LogP contribution in [0.5, 0.6) is 0 Å². The minimum atomic E-state index is 0.436. The van der Waals surface area contributed by atoms with Crippen molar-refractivity contribution in [1.29, 1.82) is 0 Å². The number of fused-ring (bicyclic) bond motifs is 1. The van der Waals surface area contributed by atoms with Gasteiger partial charge in [0.25, 0.3) is 0 Å². The lowest BCUT2D eigenvalue weighted by Gasteiger charge is -2.33. The van der Waals surface area contributed by atoms with Gasteiger partial charge in [0.05, 0.1) is 4.34 Å². The average Bonchev–Trinajstić information content (AvgIpc) is 2.79. The maximum Gasteiger partial charge on any atom is 0.0931 e. The molecule has 3 heterocycles. The van der Waals surface area contributed by atoms with Crippen molar-refractivity contribution in [3.8, 4) is 0 Å². The van der Waals surface area contributed by atoms with Crippen molar-refractivity contribution in [3.63, 3.8) is 0 Å². The summed E-state index contributed by atoms with van der Waals surface area (Å²) in [7, 11) is 0. The standard InChI is InChI=1S/C10H13ClN2S/c11-9-2-1-7(14-9)5-13-4-6-3-8(13)10(6)12/h1-2,6,8,10H,3-5,12H2. The van der Waals surface area contributed by atoms with Crippen LogP contribution in [0.3, 0.4) is 0 Å². The second-order valence-corrected chi connectivity index (χ2v) is 6.08. The third kappa shape index (κ3) is 1.31. The van der Waals surface area contributed by atoms with Crippen molar-refractivity contribution >= 4 is 22.9 Å². The largest absolute Gasteiger partial charge is 0.326 e. The highest BCUT2D eigenvalue weighted by Gasteiger charge is 2.49. The van der Waals surface area contributed by atoms with E-state index < -0.39 is 0 Å². The topological polar surface area (TPSA) is 29.3 Å². The lowest BCUT2D eigenvalue weighted by molar-refractivity contribution is 0.209. The van der Waals surface area contributed by atoms with Crippen LogP contribution in [0.1, 0.15) is 11.3 Å². The summed E-state index contributed by atoms with van der Waals surface area (Å²) in [6, 6.07) is 5.17. The van der Waals surface area contributed by atoms with Crippen LogP contribution < -0.4 is 5.73 Å². The fraction of sp³-hybridized carbons (Fsp3) is 0.600. The van der Waals surface area contributed by atoms with E-state index in [1.165, 1.54) is 17.8 Å². The number of rotatable bonds is 2. The first-order chi connectivity index (χ1) is 6.74. The Morgan fingerprint density at radius 3 is 2.93 bits per heavy atom. The zero-order chi connectivity index (χ0) is 9.71. The van der Waals surface area contributed by atoms with E-state index in [2.05, 4.69) is 11.0 Å². The molecule has 14 heavy (non-hydrogen) atoms. The summed E-state index contributed by atoms with van der Waals surface area (Å²) in [6.45, 7) is 2.22. The lowest BCUT2D eigenvalue weighted by atomic mass is 9.81. The smallest absolute Gasteiger partial charge is 0.0931 e. The predicted molar refractivity (Wildman–Crippen MR) is 59.6 cm³/mol. The van der Waals surface area contributed by atoms with Gasteiger partial charge in [-0.2, -0.15) is 0 Å². The Hall–Kier alpha value is -0.0900. The molecule has 3 atom stereocenters.